The van der Waals surface area contributed by atoms with Gasteiger partial charge in [0.15, 0.2) is 23.3 Å². The van der Waals surface area contributed by atoms with Gasteiger partial charge in [0.05, 0.1) is 22.8 Å². The van der Waals surface area contributed by atoms with Gasteiger partial charge in [-0.2, -0.15) is 0 Å². The highest BCUT2D eigenvalue weighted by molar-refractivity contribution is 6.21. The van der Waals surface area contributed by atoms with Crippen molar-refractivity contribution in [2.45, 2.75) is 0 Å². The Kier molecular flexibility index (Phi) is 7.21. The zero-order valence-corrected chi connectivity index (χ0v) is 26.4. The zero-order valence-electron chi connectivity index (χ0n) is 26.4. The summed E-state index contributed by atoms with van der Waals surface area (Å²) in [6.07, 6.45) is 3.53. The van der Waals surface area contributed by atoms with E-state index in [9.17, 15) is 0 Å². The lowest BCUT2D eigenvalue weighted by atomic mass is 9.99. The van der Waals surface area contributed by atoms with Crippen LogP contribution in [0.25, 0.3) is 45.6 Å². The van der Waals surface area contributed by atoms with Crippen molar-refractivity contribution in [3.8, 4) is 45.6 Å². The molecule has 10 nitrogen and oxygen atoms in total. The molecule has 236 valence electrons. The third kappa shape index (κ3) is 5.46. The van der Waals surface area contributed by atoms with Crippen molar-refractivity contribution in [3.63, 3.8) is 0 Å². The summed E-state index contributed by atoms with van der Waals surface area (Å²) in [7, 11) is 0. The molecule has 5 heterocycles. The molecule has 0 fully saturated rings. The number of rotatable bonds is 6. The van der Waals surface area contributed by atoms with Gasteiger partial charge in [-0.25, -0.2) is 9.98 Å². The van der Waals surface area contributed by atoms with E-state index in [4.69, 9.17) is 20.0 Å². The number of H-pyrrole nitrogens is 2. The van der Waals surface area contributed by atoms with Crippen LogP contribution in [0.4, 0.5) is 11.4 Å². The van der Waals surface area contributed by atoms with Crippen molar-refractivity contribution in [1.29, 1.82) is 0 Å². The van der Waals surface area contributed by atoms with Gasteiger partial charge in [0.1, 0.15) is 11.4 Å². The average Bonchev–Trinajstić information content (AvgIpc) is 3.89. The van der Waals surface area contributed by atoms with Crippen LogP contribution in [-0.4, -0.2) is 51.8 Å². The van der Waals surface area contributed by atoms with Gasteiger partial charge in [-0.1, -0.05) is 109 Å². The number of aromatic amines is 2. The largest absolute Gasteiger partial charge is 0.321 e. The Bertz CT molecular complexity index is 2340. The number of nitrogens with one attached hydrogen (secondary N) is 2. The second-order valence-electron chi connectivity index (χ2n) is 11.6. The Morgan fingerprint density at radius 3 is 1.04 bits per heavy atom. The van der Waals surface area contributed by atoms with Crippen molar-refractivity contribution in [1.82, 2.24) is 40.3 Å². The van der Waals surface area contributed by atoms with Gasteiger partial charge in [0.2, 0.25) is 0 Å². The van der Waals surface area contributed by atoms with Crippen molar-refractivity contribution < 1.29 is 0 Å². The second kappa shape index (κ2) is 12.4. The van der Waals surface area contributed by atoms with Gasteiger partial charge in [0.25, 0.3) is 0 Å². The van der Waals surface area contributed by atoms with Crippen molar-refractivity contribution >= 4 is 22.8 Å². The van der Waals surface area contributed by atoms with E-state index in [-0.39, 0.29) is 0 Å². The minimum Gasteiger partial charge on any atom is -0.321 e. The number of pyridine rings is 2. The Morgan fingerprint density at radius 2 is 0.660 bits per heavy atom. The number of aromatic nitrogens is 8. The van der Waals surface area contributed by atoms with Crippen LogP contribution in [0.5, 0.6) is 0 Å². The molecular formula is C40H26N10. The van der Waals surface area contributed by atoms with Gasteiger partial charge >= 0.3 is 0 Å². The number of aliphatic imine (C=N–C) groups is 2. The van der Waals surface area contributed by atoms with Crippen LogP contribution in [0.2, 0.25) is 0 Å². The summed E-state index contributed by atoms with van der Waals surface area (Å²) in [4.78, 5) is 26.6. The lowest BCUT2D eigenvalue weighted by molar-refractivity contribution is 1.10. The number of hydrogen-bond donors (Lipinski definition) is 2. The maximum Gasteiger partial charge on any atom is 0.161 e. The van der Waals surface area contributed by atoms with Crippen LogP contribution in [0.15, 0.2) is 156 Å². The van der Waals surface area contributed by atoms with E-state index >= 15 is 0 Å². The highest BCUT2D eigenvalue weighted by atomic mass is 15.2. The molecule has 10 heteroatoms. The van der Waals surface area contributed by atoms with Gasteiger partial charge in [-0.3, -0.25) is 9.97 Å². The first-order chi connectivity index (χ1) is 24.8. The minimum atomic E-state index is 0.671. The lowest BCUT2D eigenvalue weighted by Gasteiger charge is -2.16. The Hall–Kier alpha value is -7.20. The third-order valence-corrected chi connectivity index (χ3v) is 8.42. The maximum absolute atomic E-state index is 5.18. The molecule has 50 heavy (non-hydrogen) atoms. The zero-order chi connectivity index (χ0) is 33.3. The van der Waals surface area contributed by atoms with Crippen LogP contribution >= 0.6 is 0 Å². The molecule has 4 aromatic heterocycles. The molecule has 0 saturated heterocycles. The molecule has 0 bridgehead atoms. The Morgan fingerprint density at radius 1 is 0.320 bits per heavy atom. The van der Waals surface area contributed by atoms with E-state index in [0.717, 1.165) is 45.0 Å². The fourth-order valence-corrected chi connectivity index (χ4v) is 5.90. The predicted octanol–water partition coefficient (Wildman–Crippen LogP) is 8.03. The van der Waals surface area contributed by atoms with Crippen LogP contribution in [0, 0.1) is 0 Å². The highest BCUT2D eigenvalue weighted by Gasteiger charge is 2.22. The van der Waals surface area contributed by atoms with E-state index in [2.05, 4.69) is 30.4 Å². The van der Waals surface area contributed by atoms with Crippen LogP contribution in [0.3, 0.4) is 0 Å². The van der Waals surface area contributed by atoms with E-state index < -0.39 is 0 Å². The summed E-state index contributed by atoms with van der Waals surface area (Å²) in [5.74, 6) is 2.80. The van der Waals surface area contributed by atoms with Gasteiger partial charge in [-0.05, 0) is 24.3 Å². The fourth-order valence-electron chi connectivity index (χ4n) is 5.90. The molecule has 9 rings (SSSR count). The molecule has 0 atom stereocenters. The first kappa shape index (κ1) is 29.0. The van der Waals surface area contributed by atoms with Gasteiger partial charge in [-0.15, -0.1) is 20.4 Å². The summed E-state index contributed by atoms with van der Waals surface area (Å²) in [6, 6.07) is 43.6. The molecule has 0 aliphatic carbocycles. The Balaban J connectivity index is 1.06. The highest BCUT2D eigenvalue weighted by Crippen LogP contribution is 2.32. The molecule has 4 aromatic carbocycles. The van der Waals surface area contributed by atoms with Crippen LogP contribution < -0.4 is 0 Å². The first-order valence-electron chi connectivity index (χ1n) is 16.0. The lowest BCUT2D eigenvalue weighted by Crippen LogP contribution is -2.12. The molecule has 1 aliphatic rings. The van der Waals surface area contributed by atoms with E-state index in [1.807, 2.05) is 133 Å². The first-order valence-corrected chi connectivity index (χ1v) is 16.0. The molecule has 8 aromatic rings. The van der Waals surface area contributed by atoms with Crippen LogP contribution in [-0.2, 0) is 0 Å². The normalized spacial score (nSPS) is 12.2. The maximum atomic E-state index is 5.18. The molecular weight excluding hydrogens is 621 g/mol. The minimum absolute atomic E-state index is 0.671. The molecule has 0 amide bonds. The quantitative estimate of drug-likeness (QED) is 0.188. The number of benzene rings is 4. The number of fused-ring (bicyclic) bond motifs is 2. The smallest absolute Gasteiger partial charge is 0.161 e. The average molecular weight is 647 g/mol. The standard InChI is InChI=1S/C40H26N10/c1-3-9-27(10-4-1)37-45-39(49-47-37)29-19-15-25(16-20-29)33-35-31(13-7-23-41-35)44-34(36-32(43-33)14-8-24-42-36)26-17-21-30(22-18-26)40-46-38(48-50-40)28-11-5-2-6-12-28/h1-24H,(H,45,47,49)(H,46,48,50). The number of nitrogens with zero attached hydrogens (tertiary/aromatic N) is 8. The van der Waals surface area contributed by atoms with E-state index in [1.165, 1.54) is 0 Å². The van der Waals surface area contributed by atoms with Crippen molar-refractivity contribution in [2.24, 2.45) is 9.98 Å². The summed E-state index contributed by atoms with van der Waals surface area (Å²) >= 11 is 0. The summed E-state index contributed by atoms with van der Waals surface area (Å²) in [5, 5.41) is 17.5. The molecule has 1 aliphatic heterocycles. The fraction of sp³-hybridized carbons (Fsp3) is 0. The van der Waals surface area contributed by atoms with Crippen LogP contribution in [0.1, 0.15) is 22.5 Å². The summed E-state index contributed by atoms with van der Waals surface area (Å²) in [6.45, 7) is 0. The van der Waals surface area contributed by atoms with Gasteiger partial charge < -0.3 is 9.97 Å². The molecule has 0 saturated carbocycles. The monoisotopic (exact) mass is 646 g/mol. The van der Waals surface area contributed by atoms with Crippen molar-refractivity contribution in [3.05, 3.63) is 168 Å². The molecule has 0 radical (unpaired) electrons. The summed E-state index contributed by atoms with van der Waals surface area (Å²) in [5.41, 5.74) is 9.65. The topological polar surface area (TPSA) is 134 Å². The predicted molar refractivity (Wildman–Crippen MR) is 194 cm³/mol. The second-order valence-corrected chi connectivity index (χ2v) is 11.6. The van der Waals surface area contributed by atoms with E-state index in [1.54, 1.807) is 12.4 Å². The SMILES string of the molecule is c1ccc(-c2nnc(-c3ccc(C4=Nc5cccnc5C(c5ccc(-c6nnc(-c7ccccc7)[nH]6)cc5)=Nc5cccnc54)cc3)[nH]2)cc1. The van der Waals surface area contributed by atoms with Crippen molar-refractivity contribution in [2.75, 3.05) is 0 Å². The van der Waals surface area contributed by atoms with Gasteiger partial charge in [0, 0.05) is 45.8 Å². The third-order valence-electron chi connectivity index (χ3n) is 8.42. The molecule has 2 N–H and O–H groups in total. The Labute approximate surface area is 286 Å². The molecule has 0 unspecified atom stereocenters. The molecule has 0 spiro atoms. The summed E-state index contributed by atoms with van der Waals surface area (Å²) < 4.78 is 0. The number of hydrogen-bond acceptors (Lipinski definition) is 8. The van der Waals surface area contributed by atoms with E-state index in [0.29, 0.717) is 45.8 Å².